The number of benzene rings is 1. The summed E-state index contributed by atoms with van der Waals surface area (Å²) in [5, 5.41) is 5.62. The third-order valence-corrected chi connectivity index (χ3v) is 3.60. The Morgan fingerprint density at radius 2 is 1.80 bits per heavy atom. The summed E-state index contributed by atoms with van der Waals surface area (Å²) in [5.41, 5.74) is 2.55. The number of allylic oxidation sites excluding steroid dienone is 2. The summed E-state index contributed by atoms with van der Waals surface area (Å²) >= 11 is 0. The maximum atomic E-state index is 12.4. The molecule has 0 atom stereocenters. The van der Waals surface area contributed by atoms with Crippen LogP contribution in [0.15, 0.2) is 86.0 Å². The Morgan fingerprint density at radius 1 is 1.08 bits per heavy atom. The minimum atomic E-state index is -0.248. The fraction of sp³-hybridized carbons (Fsp3) is 0. The van der Waals surface area contributed by atoms with E-state index in [2.05, 4.69) is 16.7 Å². The van der Waals surface area contributed by atoms with Gasteiger partial charge in [-0.15, -0.1) is 0 Å². The van der Waals surface area contributed by atoms with Crippen molar-refractivity contribution in [2.45, 2.75) is 0 Å². The van der Waals surface area contributed by atoms with E-state index in [-0.39, 0.29) is 5.78 Å². The molecule has 0 bridgehead atoms. The molecule has 3 rings (SSSR count). The molecule has 124 valence electrons. The number of carbonyl (C=O) groups excluding carboxylic acids is 1. The van der Waals surface area contributed by atoms with Crippen LogP contribution in [0.5, 0.6) is 0 Å². The number of pyridine rings is 1. The number of ketones is 1. The second-order valence-electron chi connectivity index (χ2n) is 5.24. The van der Waals surface area contributed by atoms with E-state index in [1.807, 2.05) is 30.3 Å². The molecule has 6 heteroatoms. The lowest BCUT2D eigenvalue weighted by atomic mass is 10.1. The number of aromatic nitrogens is 3. The van der Waals surface area contributed by atoms with Crippen molar-refractivity contribution in [1.82, 2.24) is 14.8 Å². The van der Waals surface area contributed by atoms with Crippen LogP contribution < -0.4 is 10.9 Å². The number of nitrogens with zero attached hydrogens (tertiary/aromatic N) is 4. The zero-order valence-electron chi connectivity index (χ0n) is 13.5. The van der Waals surface area contributed by atoms with Crippen molar-refractivity contribution in [2.75, 3.05) is 5.01 Å². The SMILES string of the molecule is C=C(C(=O)/C=C\N(N)c1ccncc1)c1ccnn1-c1ccccc1. The third-order valence-electron chi connectivity index (χ3n) is 3.60. The summed E-state index contributed by atoms with van der Waals surface area (Å²) in [4.78, 5) is 16.4. The van der Waals surface area contributed by atoms with Crippen molar-refractivity contribution >= 4 is 17.0 Å². The lowest BCUT2D eigenvalue weighted by Crippen LogP contribution is -2.24. The smallest absolute Gasteiger partial charge is 0.188 e. The molecule has 0 amide bonds. The van der Waals surface area contributed by atoms with Gasteiger partial charge in [-0.1, -0.05) is 24.8 Å². The molecule has 0 aliphatic carbocycles. The van der Waals surface area contributed by atoms with E-state index < -0.39 is 0 Å². The van der Waals surface area contributed by atoms with E-state index in [0.717, 1.165) is 11.4 Å². The average molecular weight is 331 g/mol. The van der Waals surface area contributed by atoms with E-state index in [0.29, 0.717) is 11.3 Å². The standard InChI is InChI=1S/C19H17N5O/c1-15(18-9-13-22-24(18)17-5-3-2-4-6-17)19(25)10-14-23(20)16-7-11-21-12-8-16/h2-14H,1,20H2/b14-10-. The van der Waals surface area contributed by atoms with E-state index >= 15 is 0 Å². The summed E-state index contributed by atoms with van der Waals surface area (Å²) in [7, 11) is 0. The Balaban J connectivity index is 1.77. The lowest BCUT2D eigenvalue weighted by molar-refractivity contribution is -0.109. The molecule has 3 aromatic rings. The zero-order chi connectivity index (χ0) is 17.6. The van der Waals surface area contributed by atoms with Gasteiger partial charge in [0.05, 0.1) is 23.3 Å². The monoisotopic (exact) mass is 331 g/mol. The molecule has 2 aromatic heterocycles. The summed E-state index contributed by atoms with van der Waals surface area (Å²) in [6.45, 7) is 3.90. The summed E-state index contributed by atoms with van der Waals surface area (Å²) < 4.78 is 1.68. The van der Waals surface area contributed by atoms with Crippen LogP contribution in [0, 0.1) is 0 Å². The van der Waals surface area contributed by atoms with Crippen LogP contribution in [0.2, 0.25) is 0 Å². The van der Waals surface area contributed by atoms with E-state index in [4.69, 9.17) is 5.84 Å². The van der Waals surface area contributed by atoms with Gasteiger partial charge in [0.25, 0.3) is 0 Å². The first-order chi connectivity index (χ1) is 12.2. The minimum Gasteiger partial charge on any atom is -0.289 e. The van der Waals surface area contributed by atoms with E-state index in [1.54, 1.807) is 41.5 Å². The van der Waals surface area contributed by atoms with Crippen LogP contribution in [0.1, 0.15) is 5.69 Å². The van der Waals surface area contributed by atoms with Crippen molar-refractivity contribution in [3.05, 3.63) is 91.7 Å². The molecule has 0 saturated carbocycles. The molecule has 0 unspecified atom stereocenters. The van der Waals surface area contributed by atoms with Gasteiger partial charge in [0.15, 0.2) is 5.78 Å². The molecule has 1 aromatic carbocycles. The Bertz CT molecular complexity index is 900. The van der Waals surface area contributed by atoms with Gasteiger partial charge in [0.2, 0.25) is 0 Å². The summed E-state index contributed by atoms with van der Waals surface area (Å²) in [6.07, 6.45) is 7.76. The second-order valence-corrected chi connectivity index (χ2v) is 5.24. The van der Waals surface area contributed by atoms with E-state index in [9.17, 15) is 4.79 Å². The third kappa shape index (κ3) is 3.70. The molecule has 0 saturated heterocycles. The molecule has 6 nitrogen and oxygen atoms in total. The number of hydrogen-bond donors (Lipinski definition) is 1. The van der Waals surface area contributed by atoms with Crippen molar-refractivity contribution < 1.29 is 4.79 Å². The number of carbonyl (C=O) groups is 1. The van der Waals surface area contributed by atoms with Gasteiger partial charge in [-0.2, -0.15) is 5.10 Å². The number of hydrogen-bond acceptors (Lipinski definition) is 5. The van der Waals surface area contributed by atoms with Gasteiger partial charge in [-0.25, -0.2) is 10.5 Å². The number of anilines is 1. The maximum Gasteiger partial charge on any atom is 0.188 e. The Kier molecular flexibility index (Phi) is 4.82. The van der Waals surface area contributed by atoms with Crippen LogP contribution in [-0.2, 0) is 4.79 Å². The molecule has 2 heterocycles. The van der Waals surface area contributed by atoms with Gasteiger partial charge < -0.3 is 0 Å². The van der Waals surface area contributed by atoms with Gasteiger partial charge in [0, 0.05) is 30.2 Å². The first-order valence-corrected chi connectivity index (χ1v) is 7.62. The molecule has 0 aliphatic heterocycles. The molecule has 0 radical (unpaired) electrons. The number of para-hydroxylation sites is 1. The molecule has 0 aliphatic rings. The Hall–Kier alpha value is -3.51. The van der Waals surface area contributed by atoms with Gasteiger partial charge in [0.1, 0.15) is 0 Å². The molecular formula is C19H17N5O. The predicted octanol–water partition coefficient (Wildman–Crippen LogP) is 2.74. The molecule has 25 heavy (non-hydrogen) atoms. The summed E-state index contributed by atoms with van der Waals surface area (Å²) in [5.74, 6) is 5.65. The van der Waals surface area contributed by atoms with Crippen molar-refractivity contribution in [1.29, 1.82) is 0 Å². The lowest BCUT2D eigenvalue weighted by Gasteiger charge is -2.12. The van der Waals surface area contributed by atoms with Crippen LogP contribution in [0.25, 0.3) is 11.3 Å². The fourth-order valence-corrected chi connectivity index (χ4v) is 2.28. The molecule has 0 fully saturated rings. The van der Waals surface area contributed by atoms with Crippen LogP contribution in [-0.4, -0.2) is 20.5 Å². The van der Waals surface area contributed by atoms with Gasteiger partial charge in [-0.3, -0.25) is 14.8 Å². The van der Waals surface area contributed by atoms with Gasteiger partial charge in [-0.05, 0) is 30.3 Å². The first-order valence-electron chi connectivity index (χ1n) is 7.62. The zero-order valence-corrected chi connectivity index (χ0v) is 13.5. The Labute approximate surface area is 145 Å². The van der Waals surface area contributed by atoms with Gasteiger partial charge >= 0.3 is 0 Å². The highest BCUT2D eigenvalue weighted by Crippen LogP contribution is 2.18. The Morgan fingerprint density at radius 3 is 2.52 bits per heavy atom. The second kappa shape index (κ2) is 7.37. The topological polar surface area (TPSA) is 77.0 Å². The van der Waals surface area contributed by atoms with Crippen LogP contribution in [0.4, 0.5) is 5.69 Å². The first kappa shape index (κ1) is 16.4. The number of hydrazine groups is 1. The highest BCUT2D eigenvalue weighted by atomic mass is 16.1. The highest BCUT2D eigenvalue weighted by Gasteiger charge is 2.13. The van der Waals surface area contributed by atoms with Crippen molar-refractivity contribution in [3.63, 3.8) is 0 Å². The van der Waals surface area contributed by atoms with Crippen LogP contribution >= 0.6 is 0 Å². The highest BCUT2D eigenvalue weighted by molar-refractivity contribution is 6.25. The largest absolute Gasteiger partial charge is 0.289 e. The molecular weight excluding hydrogens is 314 g/mol. The van der Waals surface area contributed by atoms with Crippen LogP contribution in [0.3, 0.4) is 0 Å². The summed E-state index contributed by atoms with van der Waals surface area (Å²) in [6, 6.07) is 14.8. The fourth-order valence-electron chi connectivity index (χ4n) is 2.28. The predicted molar refractivity (Wildman–Crippen MR) is 97.6 cm³/mol. The average Bonchev–Trinajstić information content (AvgIpc) is 3.16. The number of rotatable bonds is 6. The molecule has 2 N–H and O–H groups in total. The van der Waals surface area contributed by atoms with Crippen molar-refractivity contribution in [2.24, 2.45) is 5.84 Å². The normalized spacial score (nSPS) is 10.8. The maximum absolute atomic E-state index is 12.4. The number of nitrogens with two attached hydrogens (primary N) is 1. The van der Waals surface area contributed by atoms with Crippen molar-refractivity contribution in [3.8, 4) is 5.69 Å². The van der Waals surface area contributed by atoms with E-state index in [1.165, 1.54) is 17.3 Å². The quantitative estimate of drug-likeness (QED) is 0.427. The molecule has 0 spiro atoms. The minimum absolute atomic E-state index is 0.248.